The number of methoxy groups -OCH3 is 1. The van der Waals surface area contributed by atoms with Crippen molar-refractivity contribution in [1.82, 2.24) is 0 Å². The minimum atomic E-state index is -0.796. The number of ether oxygens (including phenoxy) is 1. The highest BCUT2D eigenvalue weighted by atomic mass is 19.1. The Morgan fingerprint density at radius 3 is 2.85 bits per heavy atom. The maximum absolute atomic E-state index is 12.2. The van der Waals surface area contributed by atoms with Crippen molar-refractivity contribution in [3.05, 3.63) is 23.8 Å². The smallest absolute Gasteiger partial charge is 0.162 e. The van der Waals surface area contributed by atoms with Crippen molar-refractivity contribution in [2.75, 3.05) is 13.8 Å². The second-order valence-corrected chi connectivity index (χ2v) is 2.66. The van der Waals surface area contributed by atoms with E-state index in [1.54, 1.807) is 18.2 Å². The summed E-state index contributed by atoms with van der Waals surface area (Å²) in [5.74, 6) is 0.219. The van der Waals surface area contributed by atoms with E-state index in [-0.39, 0.29) is 5.75 Å². The van der Waals surface area contributed by atoms with Gasteiger partial charge in [0.15, 0.2) is 11.5 Å². The van der Waals surface area contributed by atoms with E-state index in [1.165, 1.54) is 7.11 Å². The standard InChI is InChI=1S/C9H12FNO2/c1-13-8-4-2-3-6(9(8)12)7(11)5-10/h2-4,7,12H,5,11H2,1H3/t7-/m1/s1. The lowest BCUT2D eigenvalue weighted by molar-refractivity contribution is 0.362. The van der Waals surface area contributed by atoms with Crippen molar-refractivity contribution in [3.63, 3.8) is 0 Å². The number of nitrogens with two attached hydrogens (primary N) is 1. The molecule has 0 heterocycles. The minimum Gasteiger partial charge on any atom is -0.504 e. The summed E-state index contributed by atoms with van der Waals surface area (Å²) in [6, 6.07) is 4.02. The monoisotopic (exact) mass is 185 g/mol. The van der Waals surface area contributed by atoms with Crippen LogP contribution in [0.3, 0.4) is 0 Å². The van der Waals surface area contributed by atoms with Crippen LogP contribution in [0.4, 0.5) is 4.39 Å². The highest BCUT2D eigenvalue weighted by Gasteiger charge is 2.13. The molecule has 3 nitrogen and oxygen atoms in total. The molecule has 0 fully saturated rings. The third kappa shape index (κ3) is 1.89. The van der Waals surface area contributed by atoms with Crippen LogP contribution in [0.5, 0.6) is 11.5 Å². The maximum Gasteiger partial charge on any atom is 0.162 e. The van der Waals surface area contributed by atoms with Gasteiger partial charge in [0.1, 0.15) is 6.67 Å². The molecule has 1 atom stereocenters. The normalized spacial score (nSPS) is 12.5. The Hall–Kier alpha value is -1.29. The molecule has 72 valence electrons. The van der Waals surface area contributed by atoms with Crippen molar-refractivity contribution >= 4 is 0 Å². The van der Waals surface area contributed by atoms with Gasteiger partial charge < -0.3 is 15.6 Å². The Bertz CT molecular complexity index is 291. The second-order valence-electron chi connectivity index (χ2n) is 2.66. The average molecular weight is 185 g/mol. The quantitative estimate of drug-likeness (QED) is 0.747. The van der Waals surface area contributed by atoms with Crippen molar-refractivity contribution in [2.24, 2.45) is 5.73 Å². The predicted octanol–water partition coefficient (Wildman–Crippen LogP) is 1.37. The molecule has 0 spiro atoms. The fraction of sp³-hybridized carbons (Fsp3) is 0.333. The van der Waals surface area contributed by atoms with Gasteiger partial charge in [-0.1, -0.05) is 12.1 Å². The van der Waals surface area contributed by atoms with E-state index in [9.17, 15) is 9.50 Å². The van der Waals surface area contributed by atoms with Crippen LogP contribution in [0.25, 0.3) is 0 Å². The SMILES string of the molecule is COc1cccc([C@H](N)CF)c1O. The lowest BCUT2D eigenvalue weighted by Gasteiger charge is -2.11. The number of phenols is 1. The van der Waals surface area contributed by atoms with Crippen LogP contribution in [-0.4, -0.2) is 18.9 Å². The van der Waals surface area contributed by atoms with Crippen LogP contribution in [0.2, 0.25) is 0 Å². The van der Waals surface area contributed by atoms with Gasteiger partial charge in [-0.05, 0) is 6.07 Å². The number of aromatic hydroxyl groups is 1. The summed E-state index contributed by atoms with van der Waals surface area (Å²) >= 11 is 0. The number of alkyl halides is 1. The van der Waals surface area contributed by atoms with E-state index in [2.05, 4.69) is 0 Å². The Morgan fingerprint density at radius 1 is 1.62 bits per heavy atom. The summed E-state index contributed by atoms with van der Waals surface area (Å²) in [5.41, 5.74) is 5.79. The first-order valence-electron chi connectivity index (χ1n) is 3.88. The fourth-order valence-corrected chi connectivity index (χ4v) is 1.09. The van der Waals surface area contributed by atoms with E-state index in [4.69, 9.17) is 10.5 Å². The first-order chi connectivity index (χ1) is 6.20. The van der Waals surface area contributed by atoms with Crippen molar-refractivity contribution in [3.8, 4) is 11.5 Å². The van der Waals surface area contributed by atoms with Crippen LogP contribution >= 0.6 is 0 Å². The van der Waals surface area contributed by atoms with E-state index in [0.717, 1.165) is 0 Å². The number of rotatable bonds is 3. The molecule has 0 saturated heterocycles. The summed E-state index contributed by atoms with van der Waals surface area (Å²) in [7, 11) is 1.43. The zero-order chi connectivity index (χ0) is 9.84. The number of benzene rings is 1. The zero-order valence-corrected chi connectivity index (χ0v) is 7.33. The van der Waals surface area contributed by atoms with Gasteiger partial charge in [-0.2, -0.15) is 0 Å². The van der Waals surface area contributed by atoms with Gasteiger partial charge in [0.2, 0.25) is 0 Å². The van der Waals surface area contributed by atoms with Gasteiger partial charge in [-0.25, -0.2) is 4.39 Å². The first-order valence-corrected chi connectivity index (χ1v) is 3.88. The predicted molar refractivity (Wildman–Crippen MR) is 47.6 cm³/mol. The van der Waals surface area contributed by atoms with Gasteiger partial charge in [0, 0.05) is 5.56 Å². The number of phenolic OH excluding ortho intramolecular Hbond substituents is 1. The van der Waals surface area contributed by atoms with Crippen molar-refractivity contribution < 1.29 is 14.2 Å². The molecule has 0 radical (unpaired) electrons. The molecule has 0 bridgehead atoms. The molecule has 0 aliphatic heterocycles. The zero-order valence-electron chi connectivity index (χ0n) is 7.33. The number of hydrogen-bond donors (Lipinski definition) is 2. The summed E-state index contributed by atoms with van der Waals surface area (Å²) < 4.78 is 17.1. The Balaban J connectivity index is 3.08. The fourth-order valence-electron chi connectivity index (χ4n) is 1.09. The Labute approximate surface area is 75.9 Å². The third-order valence-electron chi connectivity index (χ3n) is 1.82. The highest BCUT2D eigenvalue weighted by molar-refractivity contribution is 5.46. The number of para-hydroxylation sites is 1. The molecule has 0 unspecified atom stereocenters. The molecule has 0 amide bonds. The topological polar surface area (TPSA) is 55.5 Å². The minimum absolute atomic E-state index is 0.0878. The van der Waals surface area contributed by atoms with Crippen LogP contribution in [0.1, 0.15) is 11.6 Å². The van der Waals surface area contributed by atoms with Crippen molar-refractivity contribution in [1.29, 1.82) is 0 Å². The molecule has 0 aliphatic rings. The first kappa shape index (κ1) is 9.80. The van der Waals surface area contributed by atoms with Gasteiger partial charge in [0.05, 0.1) is 13.2 Å². The van der Waals surface area contributed by atoms with Crippen LogP contribution in [0.15, 0.2) is 18.2 Å². The van der Waals surface area contributed by atoms with Crippen molar-refractivity contribution in [2.45, 2.75) is 6.04 Å². The number of halogens is 1. The van der Waals surface area contributed by atoms with E-state index in [0.29, 0.717) is 11.3 Å². The van der Waals surface area contributed by atoms with Crippen LogP contribution < -0.4 is 10.5 Å². The Kier molecular flexibility index (Phi) is 3.08. The van der Waals surface area contributed by atoms with Crippen LogP contribution in [0, 0.1) is 0 Å². The van der Waals surface area contributed by atoms with Gasteiger partial charge in [-0.15, -0.1) is 0 Å². The maximum atomic E-state index is 12.2. The summed E-state index contributed by atoms with van der Waals surface area (Å²) in [4.78, 5) is 0. The molecule has 0 saturated carbocycles. The van der Waals surface area contributed by atoms with E-state index >= 15 is 0 Å². The molecule has 0 aromatic heterocycles. The molecule has 1 aromatic carbocycles. The largest absolute Gasteiger partial charge is 0.504 e. The Morgan fingerprint density at radius 2 is 2.31 bits per heavy atom. The molecule has 1 rings (SSSR count). The number of hydrogen-bond acceptors (Lipinski definition) is 3. The van der Waals surface area contributed by atoms with Gasteiger partial charge in [-0.3, -0.25) is 0 Å². The highest BCUT2D eigenvalue weighted by Crippen LogP contribution is 2.32. The van der Waals surface area contributed by atoms with E-state index < -0.39 is 12.7 Å². The molecule has 1 aromatic rings. The average Bonchev–Trinajstić information content (AvgIpc) is 2.17. The molecule has 0 aliphatic carbocycles. The molecular weight excluding hydrogens is 173 g/mol. The van der Waals surface area contributed by atoms with Gasteiger partial charge in [0.25, 0.3) is 0 Å². The lowest BCUT2D eigenvalue weighted by Crippen LogP contribution is -2.12. The summed E-state index contributed by atoms with van der Waals surface area (Å²) in [6.07, 6.45) is 0. The molecular formula is C9H12FNO2. The van der Waals surface area contributed by atoms with Gasteiger partial charge >= 0.3 is 0 Å². The molecule has 3 N–H and O–H groups in total. The van der Waals surface area contributed by atoms with E-state index in [1.807, 2.05) is 0 Å². The lowest BCUT2D eigenvalue weighted by atomic mass is 10.1. The molecule has 13 heavy (non-hydrogen) atoms. The summed E-state index contributed by atoms with van der Waals surface area (Å²) in [5, 5.41) is 9.52. The third-order valence-corrected chi connectivity index (χ3v) is 1.82. The second kappa shape index (κ2) is 4.09. The summed E-state index contributed by atoms with van der Waals surface area (Å²) in [6.45, 7) is -0.708. The molecule has 4 heteroatoms. The van der Waals surface area contributed by atoms with Crippen LogP contribution in [-0.2, 0) is 0 Å².